The summed E-state index contributed by atoms with van der Waals surface area (Å²) in [5, 5.41) is 12.4. The van der Waals surface area contributed by atoms with Crippen LogP contribution in [-0.4, -0.2) is 46.7 Å². The van der Waals surface area contributed by atoms with Gasteiger partial charge in [0.05, 0.1) is 0 Å². The summed E-state index contributed by atoms with van der Waals surface area (Å²) in [5.74, 6) is -0.323. The van der Waals surface area contributed by atoms with E-state index in [1.54, 1.807) is 11.0 Å². The lowest BCUT2D eigenvalue weighted by Gasteiger charge is -2.34. The standard InChI is InChI=1S/C9H11ClN4O2.ClH/c10-7-3-8(13-5-12-7)14-2-1-11-4-6(14)9(15)16;/h3,5-6,11H,1-2,4H2,(H,15,16);1H. The predicted octanol–water partition coefficient (Wildman–Crippen LogP) is 0.415. The molecule has 1 atom stereocenters. The van der Waals surface area contributed by atoms with Crippen LogP contribution in [0.25, 0.3) is 0 Å². The number of anilines is 1. The van der Waals surface area contributed by atoms with Gasteiger partial charge in [-0.25, -0.2) is 14.8 Å². The Morgan fingerprint density at radius 1 is 1.59 bits per heavy atom. The first-order valence-electron chi connectivity index (χ1n) is 4.86. The van der Waals surface area contributed by atoms with Crippen molar-refractivity contribution in [2.75, 3.05) is 24.5 Å². The van der Waals surface area contributed by atoms with Gasteiger partial charge < -0.3 is 15.3 Å². The fraction of sp³-hybridized carbons (Fsp3) is 0.444. The highest BCUT2D eigenvalue weighted by atomic mass is 35.5. The summed E-state index contributed by atoms with van der Waals surface area (Å²) in [4.78, 5) is 20.6. The lowest BCUT2D eigenvalue weighted by Crippen LogP contribution is -2.55. The molecule has 1 fully saturated rings. The molecule has 1 aromatic rings. The molecule has 1 saturated heterocycles. The number of halogens is 2. The molecule has 8 heteroatoms. The Morgan fingerprint density at radius 3 is 3.00 bits per heavy atom. The molecule has 6 nitrogen and oxygen atoms in total. The molecule has 1 aliphatic rings. The number of carboxylic acids is 1. The van der Waals surface area contributed by atoms with E-state index in [4.69, 9.17) is 16.7 Å². The number of hydrogen-bond acceptors (Lipinski definition) is 5. The largest absolute Gasteiger partial charge is 0.480 e. The van der Waals surface area contributed by atoms with Gasteiger partial charge in [0.25, 0.3) is 0 Å². The lowest BCUT2D eigenvalue weighted by atomic mass is 10.2. The maximum Gasteiger partial charge on any atom is 0.327 e. The molecule has 2 N–H and O–H groups in total. The van der Waals surface area contributed by atoms with Crippen LogP contribution in [0.3, 0.4) is 0 Å². The molecule has 1 aliphatic heterocycles. The summed E-state index contributed by atoms with van der Waals surface area (Å²) < 4.78 is 0. The summed E-state index contributed by atoms with van der Waals surface area (Å²) in [6, 6.07) is 0.961. The van der Waals surface area contributed by atoms with Crippen molar-refractivity contribution < 1.29 is 9.90 Å². The van der Waals surface area contributed by atoms with E-state index in [-0.39, 0.29) is 12.4 Å². The van der Waals surface area contributed by atoms with Crippen molar-refractivity contribution >= 4 is 35.8 Å². The zero-order valence-electron chi connectivity index (χ0n) is 8.84. The van der Waals surface area contributed by atoms with E-state index >= 15 is 0 Å². The van der Waals surface area contributed by atoms with Crippen molar-refractivity contribution in [2.24, 2.45) is 0 Å². The third-order valence-corrected chi connectivity index (χ3v) is 2.65. The molecule has 94 valence electrons. The van der Waals surface area contributed by atoms with E-state index in [1.165, 1.54) is 6.33 Å². The highest BCUT2D eigenvalue weighted by Crippen LogP contribution is 2.17. The van der Waals surface area contributed by atoms with Crippen LogP contribution in [0, 0.1) is 0 Å². The Kier molecular flexibility index (Phi) is 4.92. The van der Waals surface area contributed by atoms with Crippen LogP contribution in [0.4, 0.5) is 5.82 Å². The fourth-order valence-electron chi connectivity index (χ4n) is 1.68. The van der Waals surface area contributed by atoms with Crippen LogP contribution < -0.4 is 10.2 Å². The Morgan fingerprint density at radius 2 is 2.35 bits per heavy atom. The van der Waals surface area contributed by atoms with Crippen LogP contribution >= 0.6 is 24.0 Å². The van der Waals surface area contributed by atoms with Gasteiger partial charge in [0.15, 0.2) is 0 Å². The number of hydrogen-bond donors (Lipinski definition) is 2. The SMILES string of the molecule is Cl.O=C(O)C1CNCCN1c1cc(Cl)ncn1. The lowest BCUT2D eigenvalue weighted by molar-refractivity contribution is -0.138. The third kappa shape index (κ3) is 3.18. The number of rotatable bonds is 2. The maximum atomic E-state index is 11.1. The monoisotopic (exact) mass is 278 g/mol. The molecule has 17 heavy (non-hydrogen) atoms. The van der Waals surface area contributed by atoms with Gasteiger partial charge in [-0.05, 0) is 0 Å². The van der Waals surface area contributed by atoms with Crippen molar-refractivity contribution in [3.8, 4) is 0 Å². The highest BCUT2D eigenvalue weighted by Gasteiger charge is 2.29. The highest BCUT2D eigenvalue weighted by molar-refractivity contribution is 6.29. The number of nitrogens with zero attached hydrogens (tertiary/aromatic N) is 3. The van der Waals surface area contributed by atoms with Crippen molar-refractivity contribution in [2.45, 2.75) is 6.04 Å². The first kappa shape index (κ1) is 14.0. The molecule has 0 aromatic carbocycles. The first-order chi connectivity index (χ1) is 7.68. The van der Waals surface area contributed by atoms with Crippen LogP contribution in [-0.2, 0) is 4.79 Å². The number of nitrogens with one attached hydrogen (secondary N) is 1. The van der Waals surface area contributed by atoms with Gasteiger partial charge in [0, 0.05) is 25.7 Å². The second-order valence-corrected chi connectivity index (χ2v) is 3.84. The Labute approximate surface area is 109 Å². The van der Waals surface area contributed by atoms with E-state index in [0.717, 1.165) is 6.54 Å². The summed E-state index contributed by atoms with van der Waals surface area (Å²) in [6.07, 6.45) is 1.33. The zero-order chi connectivity index (χ0) is 11.5. The van der Waals surface area contributed by atoms with Gasteiger partial charge in [-0.3, -0.25) is 0 Å². The average molecular weight is 279 g/mol. The summed E-state index contributed by atoms with van der Waals surface area (Å²) >= 11 is 5.75. The zero-order valence-corrected chi connectivity index (χ0v) is 10.4. The van der Waals surface area contributed by atoms with Gasteiger partial charge in [0.1, 0.15) is 23.3 Å². The van der Waals surface area contributed by atoms with Gasteiger partial charge in [-0.2, -0.15) is 0 Å². The number of aromatic nitrogens is 2. The molecule has 1 aromatic heterocycles. The molecule has 0 saturated carbocycles. The van der Waals surface area contributed by atoms with Crippen LogP contribution in [0.5, 0.6) is 0 Å². The molecule has 1 unspecified atom stereocenters. The Balaban J connectivity index is 0.00000144. The smallest absolute Gasteiger partial charge is 0.327 e. The second-order valence-electron chi connectivity index (χ2n) is 3.45. The summed E-state index contributed by atoms with van der Waals surface area (Å²) in [6.45, 7) is 1.71. The minimum absolute atomic E-state index is 0. The van der Waals surface area contributed by atoms with Gasteiger partial charge >= 0.3 is 5.97 Å². The van der Waals surface area contributed by atoms with Crippen LogP contribution in [0.1, 0.15) is 0 Å². The molecule has 0 aliphatic carbocycles. The fourth-order valence-corrected chi connectivity index (χ4v) is 1.82. The number of carbonyl (C=O) groups is 1. The molecule has 2 heterocycles. The van der Waals surface area contributed by atoms with Crippen LogP contribution in [0.2, 0.25) is 5.15 Å². The van der Waals surface area contributed by atoms with Gasteiger partial charge in [-0.1, -0.05) is 11.6 Å². The van der Waals surface area contributed by atoms with E-state index in [9.17, 15) is 4.79 Å². The first-order valence-corrected chi connectivity index (χ1v) is 5.24. The molecule has 0 radical (unpaired) electrons. The third-order valence-electron chi connectivity index (χ3n) is 2.44. The minimum atomic E-state index is -0.873. The predicted molar refractivity (Wildman–Crippen MR) is 65.9 cm³/mol. The average Bonchev–Trinajstić information content (AvgIpc) is 2.29. The topological polar surface area (TPSA) is 78.4 Å². The molecular weight excluding hydrogens is 267 g/mol. The molecule has 0 bridgehead atoms. The van der Waals surface area contributed by atoms with Crippen LogP contribution in [0.15, 0.2) is 12.4 Å². The summed E-state index contributed by atoms with van der Waals surface area (Å²) in [5.41, 5.74) is 0. The van der Waals surface area contributed by atoms with E-state index in [2.05, 4.69) is 15.3 Å². The number of carboxylic acid groups (broad SMARTS) is 1. The van der Waals surface area contributed by atoms with Crippen molar-refractivity contribution in [3.63, 3.8) is 0 Å². The second kappa shape index (κ2) is 6.00. The van der Waals surface area contributed by atoms with E-state index in [0.29, 0.717) is 24.1 Å². The Bertz CT molecular complexity index is 404. The van der Waals surface area contributed by atoms with Gasteiger partial charge in [-0.15, -0.1) is 12.4 Å². The van der Waals surface area contributed by atoms with Gasteiger partial charge in [0.2, 0.25) is 0 Å². The maximum absolute atomic E-state index is 11.1. The van der Waals surface area contributed by atoms with Crippen molar-refractivity contribution in [1.82, 2.24) is 15.3 Å². The van der Waals surface area contributed by atoms with E-state index in [1.807, 2.05) is 0 Å². The molecule has 0 spiro atoms. The van der Waals surface area contributed by atoms with Crippen molar-refractivity contribution in [1.29, 1.82) is 0 Å². The molecular formula is C9H12Cl2N4O2. The summed E-state index contributed by atoms with van der Waals surface area (Å²) in [7, 11) is 0. The number of piperazine rings is 1. The molecule has 2 rings (SSSR count). The number of aliphatic carboxylic acids is 1. The Hall–Kier alpha value is -1.11. The normalized spacial score (nSPS) is 19.6. The van der Waals surface area contributed by atoms with E-state index < -0.39 is 12.0 Å². The van der Waals surface area contributed by atoms with Crippen molar-refractivity contribution in [3.05, 3.63) is 17.5 Å². The quantitative estimate of drug-likeness (QED) is 0.764. The minimum Gasteiger partial charge on any atom is -0.480 e. The molecule has 0 amide bonds.